The number of methoxy groups -OCH3 is 2. The molecular formula is C31H43BrN4O5. The summed E-state index contributed by atoms with van der Waals surface area (Å²) in [7, 11) is 5.00. The number of nitrogens with one attached hydrogen (secondary N) is 2. The fraction of sp³-hybridized carbons (Fsp3) is 0.516. The molecule has 2 heterocycles. The number of amidine groups is 1. The van der Waals surface area contributed by atoms with Gasteiger partial charge in [-0.15, -0.1) is 17.0 Å². The van der Waals surface area contributed by atoms with Crippen LogP contribution in [0.25, 0.3) is 0 Å². The molecule has 2 N–H and O–H groups in total. The third-order valence-corrected chi connectivity index (χ3v) is 7.76. The third-order valence-electron chi connectivity index (χ3n) is 7.76. The molecule has 41 heavy (non-hydrogen) atoms. The summed E-state index contributed by atoms with van der Waals surface area (Å²) in [4.78, 5) is 30.3. The molecule has 2 aliphatic rings. The quantitative estimate of drug-likeness (QED) is 0.377. The van der Waals surface area contributed by atoms with Crippen molar-refractivity contribution in [3.63, 3.8) is 0 Å². The lowest BCUT2D eigenvalue weighted by Gasteiger charge is -2.35. The van der Waals surface area contributed by atoms with Crippen LogP contribution in [0.5, 0.6) is 11.5 Å². The number of anilines is 1. The van der Waals surface area contributed by atoms with Crippen molar-refractivity contribution >= 4 is 40.2 Å². The normalized spacial score (nSPS) is 15.3. The van der Waals surface area contributed by atoms with Crippen molar-refractivity contribution in [1.82, 2.24) is 10.2 Å². The molecule has 0 aliphatic carbocycles. The maximum atomic E-state index is 13.8. The second kappa shape index (κ2) is 13.2. The van der Waals surface area contributed by atoms with Crippen LogP contribution >= 0.6 is 17.0 Å². The Labute approximate surface area is 253 Å². The number of halogens is 1. The Hall–Kier alpha value is -3.11. The van der Waals surface area contributed by atoms with Crippen molar-refractivity contribution in [2.45, 2.75) is 58.6 Å². The molecule has 0 radical (unpaired) electrons. The van der Waals surface area contributed by atoms with E-state index in [0.29, 0.717) is 35.6 Å². The SMILES string of the molecule is Br.CCOc1cc2c(cc1C(=O)NC)C(=N)N(CC(=O)c1cc(N3CCC(OC)CC3)c(OC)c(C(C)(C)C)c1)C2. The summed E-state index contributed by atoms with van der Waals surface area (Å²) in [5.74, 6) is 1.15. The first kappa shape index (κ1) is 32.4. The van der Waals surface area contributed by atoms with Crippen LogP contribution in [0.3, 0.4) is 0 Å². The minimum absolute atomic E-state index is 0. The van der Waals surface area contributed by atoms with Crippen LogP contribution in [-0.4, -0.2) is 76.0 Å². The van der Waals surface area contributed by atoms with Crippen molar-refractivity contribution < 1.29 is 23.8 Å². The summed E-state index contributed by atoms with van der Waals surface area (Å²) >= 11 is 0. The van der Waals surface area contributed by atoms with Crippen molar-refractivity contribution in [3.8, 4) is 11.5 Å². The molecule has 2 aromatic rings. The number of hydrogen-bond donors (Lipinski definition) is 2. The lowest BCUT2D eigenvalue weighted by Crippen LogP contribution is -2.37. The number of piperidine rings is 1. The van der Waals surface area contributed by atoms with Gasteiger partial charge in [-0.05, 0) is 55.0 Å². The molecular weight excluding hydrogens is 588 g/mol. The van der Waals surface area contributed by atoms with Gasteiger partial charge in [-0.1, -0.05) is 20.8 Å². The van der Waals surface area contributed by atoms with E-state index in [1.54, 1.807) is 32.2 Å². The molecule has 0 unspecified atom stereocenters. The average Bonchev–Trinajstić information content (AvgIpc) is 3.24. The van der Waals surface area contributed by atoms with Gasteiger partial charge in [0.05, 0.1) is 37.6 Å². The van der Waals surface area contributed by atoms with Crippen molar-refractivity contribution in [1.29, 1.82) is 5.41 Å². The van der Waals surface area contributed by atoms with Gasteiger partial charge in [0.2, 0.25) is 0 Å². The number of hydrogen-bond acceptors (Lipinski definition) is 7. The van der Waals surface area contributed by atoms with Crippen molar-refractivity contribution in [2.75, 3.05) is 52.4 Å². The highest BCUT2D eigenvalue weighted by Gasteiger charge is 2.32. The largest absolute Gasteiger partial charge is 0.494 e. The zero-order valence-corrected chi connectivity index (χ0v) is 26.9. The number of Topliss-reactive ketones (excluding diaryl/α,β-unsaturated/α-hetero) is 1. The minimum atomic E-state index is -0.274. The molecule has 0 atom stereocenters. The zero-order valence-electron chi connectivity index (χ0n) is 25.2. The summed E-state index contributed by atoms with van der Waals surface area (Å²) < 4.78 is 17.2. The van der Waals surface area contributed by atoms with E-state index in [9.17, 15) is 9.59 Å². The fourth-order valence-electron chi connectivity index (χ4n) is 5.53. The van der Waals surface area contributed by atoms with E-state index in [0.717, 1.165) is 48.5 Å². The first-order valence-corrected chi connectivity index (χ1v) is 13.9. The number of ketones is 1. The molecule has 2 aliphatic heterocycles. The van der Waals surface area contributed by atoms with E-state index in [-0.39, 0.29) is 52.6 Å². The van der Waals surface area contributed by atoms with E-state index in [4.69, 9.17) is 19.6 Å². The number of benzene rings is 2. The number of fused-ring (bicyclic) bond motifs is 1. The molecule has 1 fully saturated rings. The second-order valence-corrected chi connectivity index (χ2v) is 11.4. The van der Waals surface area contributed by atoms with Crippen LogP contribution in [0.4, 0.5) is 5.69 Å². The van der Waals surface area contributed by atoms with Crippen LogP contribution in [-0.2, 0) is 16.7 Å². The van der Waals surface area contributed by atoms with Crippen molar-refractivity contribution in [2.24, 2.45) is 0 Å². The molecule has 224 valence electrons. The highest BCUT2D eigenvalue weighted by atomic mass is 79.9. The van der Waals surface area contributed by atoms with E-state index in [1.165, 1.54) is 0 Å². The maximum Gasteiger partial charge on any atom is 0.254 e. The molecule has 0 saturated carbocycles. The van der Waals surface area contributed by atoms with Crippen LogP contribution in [0.15, 0.2) is 24.3 Å². The average molecular weight is 632 g/mol. The van der Waals surface area contributed by atoms with E-state index < -0.39 is 0 Å². The molecule has 0 bridgehead atoms. The summed E-state index contributed by atoms with van der Waals surface area (Å²) in [5, 5.41) is 11.5. The van der Waals surface area contributed by atoms with Crippen LogP contribution in [0, 0.1) is 5.41 Å². The minimum Gasteiger partial charge on any atom is -0.494 e. The van der Waals surface area contributed by atoms with Gasteiger partial charge in [-0.2, -0.15) is 0 Å². The van der Waals surface area contributed by atoms with Gasteiger partial charge in [-0.25, -0.2) is 0 Å². The Morgan fingerprint density at radius 1 is 1.10 bits per heavy atom. The van der Waals surface area contributed by atoms with E-state index >= 15 is 0 Å². The number of carbonyl (C=O) groups excluding carboxylic acids is 2. The molecule has 0 aromatic heterocycles. The number of rotatable bonds is 9. The maximum absolute atomic E-state index is 13.8. The smallest absolute Gasteiger partial charge is 0.254 e. The third kappa shape index (κ3) is 6.70. The van der Waals surface area contributed by atoms with Crippen LogP contribution in [0.2, 0.25) is 0 Å². The van der Waals surface area contributed by atoms with Gasteiger partial charge in [-0.3, -0.25) is 15.0 Å². The molecule has 9 nitrogen and oxygen atoms in total. The van der Waals surface area contributed by atoms with Gasteiger partial charge in [0.1, 0.15) is 17.3 Å². The first-order chi connectivity index (χ1) is 19.0. The first-order valence-electron chi connectivity index (χ1n) is 13.9. The Balaban J connectivity index is 0.00000462. The Kier molecular flexibility index (Phi) is 10.5. The van der Waals surface area contributed by atoms with Gasteiger partial charge < -0.3 is 29.3 Å². The molecule has 0 spiro atoms. The standard InChI is InChI=1S/C31H42N4O5.BrH/c1-8-40-27-15-20-17-35(29(32)22(20)16-23(27)30(37)33-5)18-26(36)19-13-24(31(2,3)4)28(39-7)25(14-19)34-11-9-21(38-6)10-12-34;/h13-16,21,32H,8-12,17-18H2,1-7H3,(H,33,37);1H. The van der Waals surface area contributed by atoms with Crippen LogP contribution < -0.4 is 19.7 Å². The highest BCUT2D eigenvalue weighted by molar-refractivity contribution is 8.93. The number of ether oxygens (including phenoxy) is 3. The Morgan fingerprint density at radius 2 is 1.78 bits per heavy atom. The predicted octanol–water partition coefficient (Wildman–Crippen LogP) is 4.97. The summed E-state index contributed by atoms with van der Waals surface area (Å²) in [6.45, 7) is 10.7. The zero-order chi connectivity index (χ0) is 29.2. The van der Waals surface area contributed by atoms with E-state index in [2.05, 4.69) is 31.0 Å². The molecule has 2 aromatic carbocycles. The predicted molar refractivity (Wildman–Crippen MR) is 167 cm³/mol. The monoisotopic (exact) mass is 630 g/mol. The summed E-state index contributed by atoms with van der Waals surface area (Å²) in [6.07, 6.45) is 2.06. The number of amides is 1. The van der Waals surface area contributed by atoms with Gasteiger partial charge in [0.15, 0.2) is 5.78 Å². The molecule has 4 rings (SSSR count). The molecule has 1 saturated heterocycles. The van der Waals surface area contributed by atoms with Gasteiger partial charge >= 0.3 is 0 Å². The summed E-state index contributed by atoms with van der Waals surface area (Å²) in [6, 6.07) is 7.39. The Morgan fingerprint density at radius 3 is 2.34 bits per heavy atom. The lowest BCUT2D eigenvalue weighted by atomic mass is 9.84. The topological polar surface area (TPSA) is 104 Å². The summed E-state index contributed by atoms with van der Waals surface area (Å²) in [5.41, 5.74) is 4.13. The van der Waals surface area contributed by atoms with E-state index in [1.807, 2.05) is 25.1 Å². The number of nitrogens with zero attached hydrogens (tertiary/aromatic N) is 2. The second-order valence-electron chi connectivity index (χ2n) is 11.4. The Bertz CT molecular complexity index is 1300. The number of carbonyl (C=O) groups is 2. The molecule has 1 amide bonds. The lowest BCUT2D eigenvalue weighted by molar-refractivity contribution is 0.0818. The van der Waals surface area contributed by atoms with Gasteiger partial charge in [0, 0.05) is 50.5 Å². The van der Waals surface area contributed by atoms with Gasteiger partial charge in [0.25, 0.3) is 5.91 Å². The van der Waals surface area contributed by atoms with Crippen LogP contribution in [0.1, 0.15) is 77.9 Å². The molecule has 10 heteroatoms. The highest BCUT2D eigenvalue weighted by Crippen LogP contribution is 2.41. The van der Waals surface area contributed by atoms with Crippen molar-refractivity contribution in [3.05, 3.63) is 52.1 Å². The fourth-order valence-corrected chi connectivity index (χ4v) is 5.53.